The molecule has 1 atom stereocenters. The summed E-state index contributed by atoms with van der Waals surface area (Å²) in [4.78, 5) is 2.34. The first-order valence-corrected chi connectivity index (χ1v) is 7.92. The molecule has 1 unspecified atom stereocenters. The normalized spacial score (nSPS) is 21.9. The van der Waals surface area contributed by atoms with Gasteiger partial charge < -0.3 is 10.2 Å². The second-order valence-electron chi connectivity index (χ2n) is 6.32. The van der Waals surface area contributed by atoms with Crippen molar-refractivity contribution in [2.75, 3.05) is 24.5 Å². The third-order valence-electron chi connectivity index (χ3n) is 4.66. The molecule has 1 N–H and O–H groups in total. The molecule has 2 heterocycles. The average molecular weight is 285 g/mol. The van der Waals surface area contributed by atoms with E-state index in [1.807, 2.05) is 13.8 Å². The number of nitrogens with zero attached hydrogens (tertiary/aromatic N) is 4. The smallest absolute Gasteiger partial charge is 0.169 e. The molecule has 0 bridgehead atoms. The minimum Gasteiger partial charge on any atom is -0.351 e. The third kappa shape index (κ3) is 3.01. The lowest BCUT2D eigenvalue weighted by Gasteiger charge is -2.31. The Kier molecular flexibility index (Phi) is 4.07. The quantitative estimate of drug-likeness (QED) is 0.915. The lowest BCUT2D eigenvalue weighted by atomic mass is 9.98. The van der Waals surface area contributed by atoms with E-state index in [4.69, 9.17) is 0 Å². The molecule has 1 aromatic rings. The van der Waals surface area contributed by atoms with Crippen molar-refractivity contribution in [2.24, 2.45) is 5.92 Å². The van der Waals surface area contributed by atoms with Gasteiger partial charge in [-0.1, -0.05) is 0 Å². The van der Waals surface area contributed by atoms with Crippen LogP contribution < -0.4 is 10.2 Å². The van der Waals surface area contributed by atoms with Crippen molar-refractivity contribution in [3.05, 3.63) is 16.8 Å². The van der Waals surface area contributed by atoms with E-state index in [0.29, 0.717) is 17.5 Å². The van der Waals surface area contributed by atoms with Crippen molar-refractivity contribution in [2.45, 2.75) is 45.6 Å². The molecule has 1 saturated carbocycles. The summed E-state index contributed by atoms with van der Waals surface area (Å²) in [6.45, 7) is 7.08. The highest BCUT2D eigenvalue weighted by Crippen LogP contribution is 2.34. The molecule has 0 amide bonds. The lowest BCUT2D eigenvalue weighted by Crippen LogP contribution is -2.40. The fourth-order valence-corrected chi connectivity index (χ4v) is 3.08. The zero-order chi connectivity index (χ0) is 14.8. The highest BCUT2D eigenvalue weighted by Gasteiger charge is 2.34. The lowest BCUT2D eigenvalue weighted by molar-refractivity contribution is 0.375. The van der Waals surface area contributed by atoms with E-state index in [9.17, 15) is 5.26 Å². The van der Waals surface area contributed by atoms with Gasteiger partial charge in [0.15, 0.2) is 5.82 Å². The molecule has 1 aliphatic heterocycles. The van der Waals surface area contributed by atoms with Gasteiger partial charge in [-0.2, -0.15) is 10.4 Å². The van der Waals surface area contributed by atoms with E-state index in [2.05, 4.69) is 26.5 Å². The van der Waals surface area contributed by atoms with E-state index in [1.165, 1.54) is 25.7 Å². The molecule has 21 heavy (non-hydrogen) atoms. The number of hydrogen-bond acceptors (Lipinski definition) is 5. The van der Waals surface area contributed by atoms with Crippen LogP contribution in [0, 0.1) is 31.1 Å². The molecule has 0 aromatic carbocycles. The Labute approximate surface area is 126 Å². The van der Waals surface area contributed by atoms with Crippen LogP contribution in [0.2, 0.25) is 0 Å². The van der Waals surface area contributed by atoms with Crippen LogP contribution in [-0.4, -0.2) is 35.9 Å². The zero-order valence-electron chi connectivity index (χ0n) is 12.9. The molecule has 1 saturated heterocycles. The Morgan fingerprint density at radius 3 is 2.71 bits per heavy atom. The first-order valence-electron chi connectivity index (χ1n) is 7.92. The maximum atomic E-state index is 9.52. The van der Waals surface area contributed by atoms with Gasteiger partial charge in [0.05, 0.1) is 5.69 Å². The van der Waals surface area contributed by atoms with E-state index in [1.54, 1.807) is 0 Å². The maximum Gasteiger partial charge on any atom is 0.169 e. The topological polar surface area (TPSA) is 64.8 Å². The molecule has 5 nitrogen and oxygen atoms in total. The van der Waals surface area contributed by atoms with Crippen LogP contribution in [0.25, 0.3) is 0 Å². The van der Waals surface area contributed by atoms with Crippen LogP contribution in [0.1, 0.15) is 42.5 Å². The number of hydrogen-bond donors (Lipinski definition) is 1. The van der Waals surface area contributed by atoms with Crippen molar-refractivity contribution in [3.63, 3.8) is 0 Å². The van der Waals surface area contributed by atoms with Gasteiger partial charge in [0.2, 0.25) is 0 Å². The molecule has 2 aliphatic rings. The second-order valence-corrected chi connectivity index (χ2v) is 6.32. The van der Waals surface area contributed by atoms with Gasteiger partial charge in [-0.15, -0.1) is 5.10 Å². The fourth-order valence-electron chi connectivity index (χ4n) is 3.08. The summed E-state index contributed by atoms with van der Waals surface area (Å²) in [5.74, 6) is 1.45. The van der Waals surface area contributed by atoms with Crippen molar-refractivity contribution in [1.82, 2.24) is 15.5 Å². The number of nitriles is 1. The van der Waals surface area contributed by atoms with Gasteiger partial charge >= 0.3 is 0 Å². The van der Waals surface area contributed by atoms with E-state index in [0.717, 1.165) is 36.7 Å². The number of nitrogens with one attached hydrogen (secondary N) is 1. The minimum absolute atomic E-state index is 0.551. The van der Waals surface area contributed by atoms with E-state index < -0.39 is 0 Å². The van der Waals surface area contributed by atoms with Crippen LogP contribution in [-0.2, 0) is 0 Å². The number of anilines is 1. The molecule has 112 valence electrons. The number of aromatic nitrogens is 2. The summed E-state index contributed by atoms with van der Waals surface area (Å²) >= 11 is 0. The second kappa shape index (κ2) is 5.98. The number of rotatable bonds is 4. The zero-order valence-corrected chi connectivity index (χ0v) is 12.9. The molecular formula is C16H23N5. The highest BCUT2D eigenvalue weighted by atomic mass is 15.3. The summed E-state index contributed by atoms with van der Waals surface area (Å²) in [5, 5.41) is 21.6. The van der Waals surface area contributed by atoms with Gasteiger partial charge in [0.25, 0.3) is 0 Å². The predicted octanol–water partition coefficient (Wildman–Crippen LogP) is 1.93. The van der Waals surface area contributed by atoms with Gasteiger partial charge in [-0.3, -0.25) is 0 Å². The van der Waals surface area contributed by atoms with Crippen LogP contribution in [0.5, 0.6) is 0 Å². The van der Waals surface area contributed by atoms with Gasteiger partial charge in [0.1, 0.15) is 11.6 Å². The fraction of sp³-hybridized carbons (Fsp3) is 0.688. The monoisotopic (exact) mass is 285 g/mol. The van der Waals surface area contributed by atoms with Crippen LogP contribution in [0.4, 0.5) is 5.82 Å². The van der Waals surface area contributed by atoms with Crippen molar-refractivity contribution in [1.29, 1.82) is 5.26 Å². The molecule has 1 aliphatic carbocycles. The Balaban J connectivity index is 1.87. The molecule has 0 spiro atoms. The summed E-state index contributed by atoms with van der Waals surface area (Å²) in [5.41, 5.74) is 2.53. The SMILES string of the molecule is Cc1nnc(N(CC2CCCNC2)C2CC2)c(C#N)c1C. The standard InChI is InChI=1S/C16H23N5/c1-11-12(2)19-20-16(15(11)8-17)21(14-5-6-14)10-13-4-3-7-18-9-13/h13-14,18H,3-7,9-10H2,1-2H3. The molecule has 1 aromatic heterocycles. The van der Waals surface area contributed by atoms with Crippen LogP contribution in [0.3, 0.4) is 0 Å². The van der Waals surface area contributed by atoms with Crippen LogP contribution in [0.15, 0.2) is 0 Å². The molecular weight excluding hydrogens is 262 g/mol. The Hall–Kier alpha value is -1.67. The third-order valence-corrected chi connectivity index (χ3v) is 4.66. The van der Waals surface area contributed by atoms with Gasteiger partial charge in [-0.25, -0.2) is 0 Å². The minimum atomic E-state index is 0.551. The van der Waals surface area contributed by atoms with Gasteiger partial charge in [0, 0.05) is 12.6 Å². The Morgan fingerprint density at radius 2 is 2.10 bits per heavy atom. The molecule has 5 heteroatoms. The van der Waals surface area contributed by atoms with Gasteiger partial charge in [-0.05, 0) is 64.1 Å². The largest absolute Gasteiger partial charge is 0.351 e. The summed E-state index contributed by atoms with van der Waals surface area (Å²) < 4.78 is 0. The maximum absolute atomic E-state index is 9.52. The first kappa shape index (κ1) is 14.3. The molecule has 3 rings (SSSR count). The number of piperidine rings is 1. The highest BCUT2D eigenvalue weighted by molar-refractivity contribution is 5.58. The summed E-state index contributed by atoms with van der Waals surface area (Å²) in [6.07, 6.45) is 4.92. The van der Waals surface area contributed by atoms with Crippen LogP contribution >= 0.6 is 0 Å². The first-order chi connectivity index (χ1) is 10.2. The summed E-state index contributed by atoms with van der Waals surface area (Å²) in [7, 11) is 0. The van der Waals surface area contributed by atoms with Crippen molar-refractivity contribution in [3.8, 4) is 6.07 Å². The molecule has 2 fully saturated rings. The Morgan fingerprint density at radius 1 is 1.29 bits per heavy atom. The van der Waals surface area contributed by atoms with E-state index in [-0.39, 0.29) is 0 Å². The summed E-state index contributed by atoms with van der Waals surface area (Å²) in [6, 6.07) is 2.90. The van der Waals surface area contributed by atoms with Crippen molar-refractivity contribution >= 4 is 5.82 Å². The number of aryl methyl sites for hydroxylation is 1. The molecule has 0 radical (unpaired) electrons. The predicted molar refractivity (Wildman–Crippen MR) is 82.2 cm³/mol. The Bertz CT molecular complexity index is 553. The van der Waals surface area contributed by atoms with Crippen molar-refractivity contribution < 1.29 is 0 Å². The average Bonchev–Trinajstić information content (AvgIpc) is 3.33. The van der Waals surface area contributed by atoms with E-state index >= 15 is 0 Å².